The van der Waals surface area contributed by atoms with Gasteiger partial charge in [-0.25, -0.2) is 0 Å². The molecule has 0 radical (unpaired) electrons. The number of hydrogen-bond acceptors (Lipinski definition) is 2. The lowest BCUT2D eigenvalue weighted by molar-refractivity contribution is -0.0841. The predicted octanol–water partition coefficient (Wildman–Crippen LogP) is 8.28. The Hall–Kier alpha value is -0.630. The molecule has 0 saturated heterocycles. The molecule has 0 heterocycles. The average molecular weight is 431 g/mol. The number of rotatable bonds is 4. The lowest BCUT2D eigenvalue weighted by Gasteiger charge is -2.61. The summed E-state index contributed by atoms with van der Waals surface area (Å²) in [5.74, 6) is 3.21. The summed E-state index contributed by atoms with van der Waals surface area (Å²) in [6, 6.07) is 4.51. The molecule has 0 aromatic heterocycles. The molecule has 0 amide bonds. The van der Waals surface area contributed by atoms with Crippen LogP contribution in [-0.4, -0.2) is 5.11 Å². The van der Waals surface area contributed by atoms with Gasteiger partial charge in [0.25, 0.3) is 0 Å². The van der Waals surface area contributed by atoms with Crippen LogP contribution < -0.4 is 0 Å². The normalized spacial score (nSPS) is 34.6. The maximum atomic E-state index is 11.3. The summed E-state index contributed by atoms with van der Waals surface area (Å²) in [4.78, 5) is 0. The number of hydrogen-bond donors (Lipinski definition) is 2. The number of phenols is 1. The van der Waals surface area contributed by atoms with Gasteiger partial charge in [0.2, 0.25) is 0 Å². The first kappa shape index (κ1) is 24.0. The lowest BCUT2D eigenvalue weighted by Crippen LogP contribution is -2.52. The molecule has 30 heavy (non-hydrogen) atoms. The van der Waals surface area contributed by atoms with Crippen LogP contribution in [0.25, 0.3) is 0 Å². The second-order valence-corrected chi connectivity index (χ2v) is 13.5. The zero-order valence-corrected chi connectivity index (χ0v) is 21.9. The highest BCUT2D eigenvalue weighted by molar-refractivity contribution is 7.79. The Labute approximate surface area is 191 Å². The van der Waals surface area contributed by atoms with Crippen LogP contribution in [0.3, 0.4) is 0 Å². The van der Waals surface area contributed by atoms with Crippen molar-refractivity contribution in [3.8, 4) is 5.75 Å². The second-order valence-electron chi connectivity index (χ2n) is 13.2. The Morgan fingerprint density at radius 3 is 2.13 bits per heavy atom. The third kappa shape index (κ3) is 4.07. The fourth-order valence-corrected chi connectivity index (χ4v) is 7.26. The smallest absolute Gasteiger partial charge is 0.123 e. The molecule has 2 saturated carbocycles. The van der Waals surface area contributed by atoms with Crippen LogP contribution in [0, 0.1) is 28.6 Å². The fraction of sp³-hybridized carbons (Fsp3) is 0.786. The summed E-state index contributed by atoms with van der Waals surface area (Å²) in [5, 5.41) is 11.3. The van der Waals surface area contributed by atoms with Crippen molar-refractivity contribution in [1.82, 2.24) is 0 Å². The van der Waals surface area contributed by atoms with Crippen LogP contribution in [0.1, 0.15) is 111 Å². The first-order valence-corrected chi connectivity index (χ1v) is 12.8. The van der Waals surface area contributed by atoms with Crippen LogP contribution in [0.4, 0.5) is 0 Å². The zero-order chi connectivity index (χ0) is 22.7. The Morgan fingerprint density at radius 1 is 1.00 bits per heavy atom. The van der Waals surface area contributed by atoms with Gasteiger partial charge in [0.15, 0.2) is 0 Å². The first-order chi connectivity index (χ1) is 13.7. The minimum Gasteiger partial charge on any atom is -0.507 e. The summed E-state index contributed by atoms with van der Waals surface area (Å²) in [7, 11) is 0. The van der Waals surface area contributed by atoms with E-state index >= 15 is 0 Å². The highest BCUT2D eigenvalue weighted by atomic mass is 32.1. The molecule has 2 aliphatic rings. The monoisotopic (exact) mass is 430 g/mol. The number of benzene rings is 1. The van der Waals surface area contributed by atoms with E-state index in [0.717, 1.165) is 17.4 Å². The molecular weight excluding hydrogens is 384 g/mol. The standard InChI is InChI=1S/C28H46OS/c1-18(2)26(8)12-20-13-27(9,17-28(14-20,16-26)19(3)4)23-11-22(25(5,6)7)10-21(15-30)24(23)29/h10-11,18-20,29-30H,12-17H2,1-9H3. The Bertz CT molecular complexity index is 787. The predicted molar refractivity (Wildman–Crippen MR) is 134 cm³/mol. The molecule has 1 nitrogen and oxygen atoms in total. The molecule has 1 N–H and O–H groups in total. The van der Waals surface area contributed by atoms with Crippen LogP contribution in [-0.2, 0) is 16.6 Å². The maximum absolute atomic E-state index is 11.3. The minimum absolute atomic E-state index is 0.0224. The van der Waals surface area contributed by atoms with Gasteiger partial charge in [-0.05, 0) is 77.1 Å². The number of aromatic hydroxyl groups is 1. The van der Waals surface area contributed by atoms with Crippen LogP contribution in [0.5, 0.6) is 5.75 Å². The van der Waals surface area contributed by atoms with E-state index in [2.05, 4.69) is 87.1 Å². The van der Waals surface area contributed by atoms with Gasteiger partial charge in [-0.3, -0.25) is 0 Å². The van der Waals surface area contributed by atoms with Gasteiger partial charge >= 0.3 is 0 Å². The van der Waals surface area contributed by atoms with Crippen molar-refractivity contribution < 1.29 is 5.11 Å². The van der Waals surface area contributed by atoms with Crippen molar-refractivity contribution in [2.75, 3.05) is 0 Å². The van der Waals surface area contributed by atoms with E-state index < -0.39 is 0 Å². The van der Waals surface area contributed by atoms with Gasteiger partial charge in [0, 0.05) is 16.9 Å². The van der Waals surface area contributed by atoms with Crippen molar-refractivity contribution >= 4 is 12.6 Å². The summed E-state index contributed by atoms with van der Waals surface area (Å²) in [6.45, 7) is 21.5. The maximum Gasteiger partial charge on any atom is 0.123 e. The van der Waals surface area contributed by atoms with Gasteiger partial charge in [0.1, 0.15) is 5.75 Å². The summed E-state index contributed by atoms with van der Waals surface area (Å²) < 4.78 is 0. The van der Waals surface area contributed by atoms with E-state index in [-0.39, 0.29) is 10.8 Å². The van der Waals surface area contributed by atoms with Crippen LogP contribution in [0.15, 0.2) is 12.1 Å². The fourth-order valence-electron chi connectivity index (χ4n) is 7.02. The van der Waals surface area contributed by atoms with Crippen LogP contribution in [0.2, 0.25) is 0 Å². The van der Waals surface area contributed by atoms with Crippen molar-refractivity contribution in [1.29, 1.82) is 0 Å². The largest absolute Gasteiger partial charge is 0.507 e. The SMILES string of the molecule is CC(C)C1(C)CC2CC(C)(c3cc(C(C)(C)C)cc(CS)c3O)CC(C(C)C)(C2)C1. The second kappa shape index (κ2) is 7.75. The molecule has 0 aliphatic heterocycles. The third-order valence-electron chi connectivity index (χ3n) is 9.18. The molecule has 2 aliphatic carbocycles. The summed E-state index contributed by atoms with van der Waals surface area (Å²) in [5.41, 5.74) is 4.37. The van der Waals surface area contributed by atoms with E-state index in [9.17, 15) is 5.11 Å². The van der Waals surface area contributed by atoms with Crippen molar-refractivity contribution in [3.63, 3.8) is 0 Å². The Morgan fingerprint density at radius 2 is 1.63 bits per heavy atom. The molecule has 2 heteroatoms. The molecule has 4 atom stereocenters. The van der Waals surface area contributed by atoms with Crippen LogP contribution >= 0.6 is 12.6 Å². The van der Waals surface area contributed by atoms with E-state index in [1.807, 2.05) is 0 Å². The molecule has 2 fully saturated rings. The van der Waals surface area contributed by atoms with E-state index in [1.54, 1.807) is 0 Å². The van der Waals surface area contributed by atoms with Crippen molar-refractivity contribution in [2.45, 2.75) is 111 Å². The molecular formula is C28H46OS. The zero-order valence-electron chi connectivity index (χ0n) is 21.0. The van der Waals surface area contributed by atoms with Crippen molar-refractivity contribution in [2.24, 2.45) is 28.6 Å². The van der Waals surface area contributed by atoms with Gasteiger partial charge < -0.3 is 5.11 Å². The number of thiol groups is 1. The summed E-state index contributed by atoms with van der Waals surface area (Å²) >= 11 is 4.56. The Kier molecular flexibility index (Phi) is 6.20. The van der Waals surface area contributed by atoms with Crippen molar-refractivity contribution in [3.05, 3.63) is 28.8 Å². The number of fused-ring (bicyclic) bond motifs is 2. The Balaban J connectivity index is 2.13. The minimum atomic E-state index is 0.0224. The molecule has 1 aromatic rings. The topological polar surface area (TPSA) is 20.2 Å². The lowest BCUT2D eigenvalue weighted by atomic mass is 9.44. The van der Waals surface area contributed by atoms with E-state index in [1.165, 1.54) is 43.2 Å². The van der Waals surface area contributed by atoms with Gasteiger partial charge in [-0.1, -0.05) is 74.4 Å². The highest BCUT2D eigenvalue weighted by Gasteiger charge is 2.56. The molecule has 3 rings (SSSR count). The highest BCUT2D eigenvalue weighted by Crippen LogP contribution is 2.65. The quantitative estimate of drug-likeness (QED) is 0.460. The van der Waals surface area contributed by atoms with E-state index in [4.69, 9.17) is 0 Å². The number of phenolic OH excluding ortho intramolecular Hbond substituents is 1. The van der Waals surface area contributed by atoms with Gasteiger partial charge in [0.05, 0.1) is 0 Å². The molecule has 4 unspecified atom stereocenters. The average Bonchev–Trinajstić information content (AvgIpc) is 2.59. The molecule has 1 aromatic carbocycles. The third-order valence-corrected chi connectivity index (χ3v) is 9.52. The molecule has 0 spiro atoms. The first-order valence-electron chi connectivity index (χ1n) is 12.1. The van der Waals surface area contributed by atoms with Gasteiger partial charge in [-0.15, -0.1) is 0 Å². The molecule has 170 valence electrons. The summed E-state index contributed by atoms with van der Waals surface area (Å²) in [6.07, 6.45) is 6.39. The molecule has 2 bridgehead atoms. The van der Waals surface area contributed by atoms with Gasteiger partial charge in [-0.2, -0.15) is 12.6 Å². The van der Waals surface area contributed by atoms with E-state index in [0.29, 0.717) is 28.3 Å².